The van der Waals surface area contributed by atoms with Gasteiger partial charge in [-0.05, 0) is 42.3 Å². The van der Waals surface area contributed by atoms with Crippen molar-refractivity contribution in [3.63, 3.8) is 0 Å². The number of likely N-dealkylation sites (N-methyl/N-ethyl adjacent to an activating group) is 1. The van der Waals surface area contributed by atoms with Gasteiger partial charge in [-0.3, -0.25) is 14.3 Å². The minimum absolute atomic E-state index is 0.00667. The molecule has 0 saturated heterocycles. The van der Waals surface area contributed by atoms with Gasteiger partial charge in [0.2, 0.25) is 5.91 Å². The molecular formula is C25H33N5OS. The number of amides is 1. The largest absolute Gasteiger partial charge is 0.353 e. The van der Waals surface area contributed by atoms with E-state index in [-0.39, 0.29) is 11.9 Å². The number of carbonyl (C=O) groups excluding carboxylic acids is 1. The summed E-state index contributed by atoms with van der Waals surface area (Å²) < 4.78 is 1.92. The molecule has 0 bridgehead atoms. The van der Waals surface area contributed by atoms with E-state index in [0.29, 0.717) is 23.4 Å². The molecule has 0 saturated carbocycles. The average Bonchev–Trinajstić information content (AvgIpc) is 3.29. The average molecular weight is 452 g/mol. The lowest BCUT2D eigenvalue weighted by atomic mass is 10.0. The van der Waals surface area contributed by atoms with Crippen LogP contribution in [0.1, 0.15) is 50.8 Å². The van der Waals surface area contributed by atoms with Crippen molar-refractivity contribution in [2.24, 2.45) is 0 Å². The van der Waals surface area contributed by atoms with Crippen LogP contribution in [0.5, 0.6) is 0 Å². The molecule has 0 radical (unpaired) electrons. The highest BCUT2D eigenvalue weighted by atomic mass is 32.2. The molecule has 1 amide bonds. The fraction of sp³-hybridized carbons (Fsp3) is 0.400. The smallest absolute Gasteiger partial charge is 0.230 e. The molecule has 0 aliphatic heterocycles. The molecule has 7 heteroatoms. The number of hydrogen-bond donors (Lipinski definition) is 1. The van der Waals surface area contributed by atoms with Crippen molar-refractivity contribution in [1.29, 1.82) is 0 Å². The van der Waals surface area contributed by atoms with E-state index in [1.165, 1.54) is 22.9 Å². The second-order valence-corrected chi connectivity index (χ2v) is 8.91. The maximum absolute atomic E-state index is 12.6. The van der Waals surface area contributed by atoms with Gasteiger partial charge in [0.1, 0.15) is 6.33 Å². The minimum atomic E-state index is -0.00667. The molecule has 0 aliphatic rings. The van der Waals surface area contributed by atoms with Crippen LogP contribution in [0.25, 0.3) is 5.69 Å². The van der Waals surface area contributed by atoms with E-state index >= 15 is 0 Å². The van der Waals surface area contributed by atoms with Crippen molar-refractivity contribution >= 4 is 17.7 Å². The van der Waals surface area contributed by atoms with E-state index in [0.717, 1.165) is 18.8 Å². The van der Waals surface area contributed by atoms with Crippen LogP contribution in [-0.2, 0) is 4.79 Å². The van der Waals surface area contributed by atoms with Crippen molar-refractivity contribution in [3.05, 3.63) is 72.1 Å². The van der Waals surface area contributed by atoms with E-state index in [4.69, 9.17) is 0 Å². The third kappa shape index (κ3) is 6.20. The number of thioether (sulfide) groups is 1. The topological polar surface area (TPSA) is 63.1 Å². The Hall–Kier alpha value is -2.64. The zero-order valence-electron chi connectivity index (χ0n) is 19.4. The summed E-state index contributed by atoms with van der Waals surface area (Å²) in [4.78, 5) is 15.0. The number of aromatic nitrogens is 3. The molecule has 32 heavy (non-hydrogen) atoms. The fourth-order valence-electron chi connectivity index (χ4n) is 3.71. The third-order valence-electron chi connectivity index (χ3n) is 5.62. The molecule has 3 aromatic rings. The van der Waals surface area contributed by atoms with Crippen LogP contribution in [-0.4, -0.2) is 51.0 Å². The Morgan fingerprint density at radius 3 is 2.34 bits per heavy atom. The molecule has 1 aromatic heterocycles. The molecule has 170 valence electrons. The van der Waals surface area contributed by atoms with Crippen molar-refractivity contribution in [2.45, 2.75) is 44.8 Å². The summed E-state index contributed by atoms with van der Waals surface area (Å²) in [7, 11) is 0. The van der Waals surface area contributed by atoms with Gasteiger partial charge in [-0.2, -0.15) is 0 Å². The normalized spacial score (nSPS) is 12.3. The predicted molar refractivity (Wildman–Crippen MR) is 131 cm³/mol. The standard InChI is InChI=1S/C25H33N5OS/c1-5-29(6-2)23(21-10-8-7-9-11-21)16-26-24(31)17-32-25-28-27-18-30(25)22-14-12-20(13-15-22)19(3)4/h7-15,18-19,23H,5-6,16-17H2,1-4H3,(H,26,31). The zero-order chi connectivity index (χ0) is 22.9. The third-order valence-corrected chi connectivity index (χ3v) is 6.56. The molecule has 1 heterocycles. The van der Waals surface area contributed by atoms with Crippen LogP contribution in [0.4, 0.5) is 0 Å². The van der Waals surface area contributed by atoms with Gasteiger partial charge in [0.15, 0.2) is 5.16 Å². The van der Waals surface area contributed by atoms with Crippen molar-refractivity contribution in [2.75, 3.05) is 25.4 Å². The first kappa shape index (κ1) is 24.0. The predicted octanol–water partition coefficient (Wildman–Crippen LogP) is 4.68. The molecule has 0 spiro atoms. The molecule has 0 aliphatic carbocycles. The maximum Gasteiger partial charge on any atom is 0.230 e. The van der Waals surface area contributed by atoms with Gasteiger partial charge >= 0.3 is 0 Å². The number of nitrogens with zero attached hydrogens (tertiary/aromatic N) is 4. The molecule has 6 nitrogen and oxygen atoms in total. The highest BCUT2D eigenvalue weighted by Crippen LogP contribution is 2.22. The number of carbonyl (C=O) groups is 1. The van der Waals surface area contributed by atoms with Crippen LogP contribution in [0.15, 0.2) is 66.1 Å². The van der Waals surface area contributed by atoms with Crippen molar-refractivity contribution in [3.8, 4) is 5.69 Å². The summed E-state index contributed by atoms with van der Waals surface area (Å²) >= 11 is 1.40. The van der Waals surface area contributed by atoms with Gasteiger partial charge in [0, 0.05) is 12.2 Å². The zero-order valence-corrected chi connectivity index (χ0v) is 20.2. The summed E-state index contributed by atoms with van der Waals surface area (Å²) in [5.41, 5.74) is 3.50. The second kappa shape index (κ2) is 11.8. The summed E-state index contributed by atoms with van der Waals surface area (Å²) in [6, 6.07) is 18.9. The Morgan fingerprint density at radius 2 is 1.72 bits per heavy atom. The monoisotopic (exact) mass is 451 g/mol. The lowest BCUT2D eigenvalue weighted by Crippen LogP contribution is -2.38. The summed E-state index contributed by atoms with van der Waals surface area (Å²) in [5, 5.41) is 12.1. The van der Waals surface area contributed by atoms with E-state index in [1.807, 2.05) is 22.8 Å². The van der Waals surface area contributed by atoms with Gasteiger partial charge in [-0.15, -0.1) is 10.2 Å². The van der Waals surface area contributed by atoms with Gasteiger partial charge in [0.05, 0.1) is 11.8 Å². The van der Waals surface area contributed by atoms with Crippen molar-refractivity contribution < 1.29 is 4.79 Å². The highest BCUT2D eigenvalue weighted by molar-refractivity contribution is 7.99. The highest BCUT2D eigenvalue weighted by Gasteiger charge is 2.19. The first-order chi connectivity index (χ1) is 15.5. The molecule has 0 fully saturated rings. The maximum atomic E-state index is 12.6. The Balaban J connectivity index is 1.60. The van der Waals surface area contributed by atoms with Gasteiger partial charge < -0.3 is 5.32 Å². The molecule has 1 N–H and O–H groups in total. The molecule has 3 rings (SSSR count). The van der Waals surface area contributed by atoms with E-state index in [2.05, 4.69) is 84.5 Å². The van der Waals surface area contributed by atoms with Gasteiger partial charge in [0.25, 0.3) is 0 Å². The number of nitrogens with one attached hydrogen (secondary N) is 1. The molecule has 1 atom stereocenters. The number of benzene rings is 2. The number of rotatable bonds is 11. The summed E-state index contributed by atoms with van der Waals surface area (Å²) in [6.07, 6.45) is 1.69. The Morgan fingerprint density at radius 1 is 1.03 bits per heavy atom. The Kier molecular flexibility index (Phi) is 8.88. The first-order valence-electron chi connectivity index (χ1n) is 11.2. The van der Waals surface area contributed by atoms with Crippen LogP contribution >= 0.6 is 11.8 Å². The SMILES string of the molecule is CCN(CC)C(CNC(=O)CSc1nncn1-c1ccc(C(C)C)cc1)c1ccccc1. The van der Waals surface area contributed by atoms with E-state index in [1.54, 1.807) is 6.33 Å². The van der Waals surface area contributed by atoms with Crippen LogP contribution < -0.4 is 5.32 Å². The quantitative estimate of drug-likeness (QED) is 0.429. The summed E-state index contributed by atoms with van der Waals surface area (Å²) in [5.74, 6) is 0.772. The lowest BCUT2D eigenvalue weighted by molar-refractivity contribution is -0.118. The van der Waals surface area contributed by atoms with Crippen LogP contribution in [0, 0.1) is 0 Å². The molecule has 2 aromatic carbocycles. The van der Waals surface area contributed by atoms with Gasteiger partial charge in [-0.25, -0.2) is 0 Å². The summed E-state index contributed by atoms with van der Waals surface area (Å²) in [6.45, 7) is 11.1. The van der Waals surface area contributed by atoms with Crippen LogP contribution in [0.2, 0.25) is 0 Å². The first-order valence-corrected chi connectivity index (χ1v) is 12.2. The fourth-order valence-corrected chi connectivity index (χ4v) is 4.47. The van der Waals surface area contributed by atoms with Gasteiger partial charge in [-0.1, -0.05) is 81.9 Å². The van der Waals surface area contributed by atoms with E-state index < -0.39 is 0 Å². The Labute approximate surface area is 195 Å². The minimum Gasteiger partial charge on any atom is -0.353 e. The number of hydrogen-bond acceptors (Lipinski definition) is 5. The molecular weight excluding hydrogens is 418 g/mol. The lowest BCUT2D eigenvalue weighted by Gasteiger charge is -2.30. The van der Waals surface area contributed by atoms with Crippen molar-refractivity contribution in [1.82, 2.24) is 25.0 Å². The second-order valence-electron chi connectivity index (χ2n) is 7.97. The van der Waals surface area contributed by atoms with Crippen LogP contribution in [0.3, 0.4) is 0 Å². The Bertz CT molecular complexity index is 968. The van der Waals surface area contributed by atoms with E-state index in [9.17, 15) is 4.79 Å². The molecule has 1 unspecified atom stereocenters.